The lowest BCUT2D eigenvalue weighted by Gasteiger charge is -2.34. The third kappa shape index (κ3) is 3.77. The smallest absolute Gasteiger partial charge is 0.416 e. The van der Waals surface area contributed by atoms with Crippen LogP contribution in [0.4, 0.5) is 23.7 Å². The van der Waals surface area contributed by atoms with Crippen LogP contribution in [0.25, 0.3) is 0 Å². The van der Waals surface area contributed by atoms with Crippen LogP contribution in [0.15, 0.2) is 53.4 Å². The monoisotopic (exact) mass is 414 g/mol. The molecule has 0 aromatic heterocycles. The van der Waals surface area contributed by atoms with Crippen LogP contribution in [0, 0.1) is 0 Å². The first-order valence-electron chi connectivity index (χ1n) is 8.30. The second kappa shape index (κ2) is 7.34. The predicted octanol–water partition coefficient (Wildman–Crippen LogP) is 3.74. The van der Waals surface area contributed by atoms with E-state index in [1.54, 1.807) is 0 Å². The van der Waals surface area contributed by atoms with E-state index in [1.807, 2.05) is 0 Å². The number of benzene rings is 2. The van der Waals surface area contributed by atoms with Gasteiger partial charge in [-0.25, -0.2) is 17.5 Å². The van der Waals surface area contributed by atoms with Gasteiger partial charge in [0.25, 0.3) is 10.0 Å². The molecule has 0 radical (unpaired) electrons. The zero-order valence-corrected chi connectivity index (χ0v) is 15.6. The molecule has 6 nitrogen and oxygen atoms in total. The van der Waals surface area contributed by atoms with Gasteiger partial charge < -0.3 is 4.74 Å². The Kier molecular flexibility index (Phi) is 5.24. The van der Waals surface area contributed by atoms with Crippen LogP contribution < -0.4 is 9.64 Å². The van der Waals surface area contributed by atoms with E-state index in [0.717, 1.165) is 33.5 Å². The minimum Gasteiger partial charge on any atom is -0.497 e. The highest BCUT2D eigenvalue weighted by Gasteiger charge is 2.36. The number of ether oxygens (including phenoxy) is 1. The van der Waals surface area contributed by atoms with Crippen LogP contribution >= 0.6 is 0 Å². The molecule has 1 fully saturated rings. The molecule has 1 saturated heterocycles. The van der Waals surface area contributed by atoms with E-state index in [4.69, 9.17) is 4.74 Å². The largest absolute Gasteiger partial charge is 0.497 e. The Hall–Kier alpha value is -2.75. The molecule has 1 aliphatic rings. The summed E-state index contributed by atoms with van der Waals surface area (Å²) in [6.07, 6.45) is -4.14. The summed E-state index contributed by atoms with van der Waals surface area (Å²) in [5.74, 6) is 0.468. The number of anilines is 1. The number of alkyl halides is 3. The molecule has 0 bridgehead atoms. The van der Waals surface area contributed by atoms with Gasteiger partial charge in [0, 0.05) is 18.8 Å². The van der Waals surface area contributed by atoms with Gasteiger partial charge in [-0.3, -0.25) is 4.90 Å². The molecule has 2 aromatic carbocycles. The highest BCUT2D eigenvalue weighted by molar-refractivity contribution is 7.89. The van der Waals surface area contributed by atoms with E-state index in [-0.39, 0.29) is 23.7 Å². The van der Waals surface area contributed by atoms with Crippen molar-refractivity contribution in [1.29, 1.82) is 0 Å². The number of nitrogens with zero attached hydrogens (tertiary/aromatic N) is 2. The van der Waals surface area contributed by atoms with Gasteiger partial charge >= 0.3 is 12.2 Å². The van der Waals surface area contributed by atoms with E-state index < -0.39 is 27.8 Å². The number of carbonyl (C=O) groups excluding carboxylic acids is 1. The van der Waals surface area contributed by atoms with Crippen LogP contribution in [0.5, 0.6) is 5.75 Å². The molecule has 0 N–H and O–H groups in total. The van der Waals surface area contributed by atoms with E-state index in [9.17, 15) is 26.4 Å². The molecule has 150 valence electrons. The fourth-order valence-electron chi connectivity index (χ4n) is 2.87. The van der Waals surface area contributed by atoms with Gasteiger partial charge in [-0.05, 0) is 55.0 Å². The maximum absolute atomic E-state index is 12.8. The van der Waals surface area contributed by atoms with E-state index in [1.165, 1.54) is 31.4 Å². The van der Waals surface area contributed by atoms with Crippen LogP contribution in [0.1, 0.15) is 12.0 Å². The molecular weight excluding hydrogens is 397 g/mol. The highest BCUT2D eigenvalue weighted by Crippen LogP contribution is 2.32. The van der Waals surface area contributed by atoms with Crippen molar-refractivity contribution in [1.82, 2.24) is 4.31 Å². The Morgan fingerprint density at radius 3 is 2.11 bits per heavy atom. The van der Waals surface area contributed by atoms with Crippen molar-refractivity contribution in [3.05, 3.63) is 54.1 Å². The first-order valence-corrected chi connectivity index (χ1v) is 9.74. The SMILES string of the molecule is COc1ccc(S(=O)(=O)N2CCCN(c3ccc(C(F)(F)F)cc3)C2=O)cc1. The topological polar surface area (TPSA) is 66.9 Å². The Labute approximate surface area is 160 Å². The molecular formula is C18H17F3N2O4S. The first-order chi connectivity index (χ1) is 13.1. The van der Waals surface area contributed by atoms with Gasteiger partial charge in [-0.1, -0.05) is 0 Å². The molecule has 0 unspecified atom stereocenters. The Morgan fingerprint density at radius 1 is 0.964 bits per heavy atom. The number of hydrogen-bond donors (Lipinski definition) is 0. The van der Waals surface area contributed by atoms with Crippen molar-refractivity contribution in [2.45, 2.75) is 17.5 Å². The second-order valence-corrected chi connectivity index (χ2v) is 7.95. The van der Waals surface area contributed by atoms with Crippen molar-refractivity contribution in [3.8, 4) is 5.75 Å². The molecule has 1 heterocycles. The van der Waals surface area contributed by atoms with Crippen molar-refractivity contribution in [2.24, 2.45) is 0 Å². The molecule has 10 heteroatoms. The Balaban J connectivity index is 1.87. The minimum atomic E-state index is -4.49. The van der Waals surface area contributed by atoms with E-state index in [2.05, 4.69) is 0 Å². The van der Waals surface area contributed by atoms with Gasteiger partial charge in [-0.15, -0.1) is 0 Å². The summed E-state index contributed by atoms with van der Waals surface area (Å²) in [5.41, 5.74) is -0.643. The van der Waals surface area contributed by atoms with Gasteiger partial charge in [-0.2, -0.15) is 13.2 Å². The van der Waals surface area contributed by atoms with Gasteiger partial charge in [0.2, 0.25) is 0 Å². The predicted molar refractivity (Wildman–Crippen MR) is 95.7 cm³/mol. The highest BCUT2D eigenvalue weighted by atomic mass is 32.2. The molecule has 0 atom stereocenters. The van der Waals surface area contributed by atoms with Crippen LogP contribution in [0.3, 0.4) is 0 Å². The summed E-state index contributed by atoms with van der Waals surface area (Å²) < 4.78 is 69.6. The first kappa shape index (κ1) is 20.0. The number of amides is 2. The third-order valence-electron chi connectivity index (χ3n) is 4.34. The average molecular weight is 414 g/mol. The van der Waals surface area contributed by atoms with Gasteiger partial charge in [0.15, 0.2) is 0 Å². The van der Waals surface area contributed by atoms with Crippen LogP contribution in [0.2, 0.25) is 0 Å². The maximum atomic E-state index is 12.8. The van der Waals surface area contributed by atoms with Crippen LogP contribution in [-0.4, -0.2) is 39.0 Å². The Bertz CT molecular complexity index is 958. The fraction of sp³-hybridized carbons (Fsp3) is 0.278. The number of rotatable bonds is 4. The minimum absolute atomic E-state index is 0.00959. The number of sulfonamides is 1. The third-order valence-corrected chi connectivity index (χ3v) is 6.13. The zero-order valence-electron chi connectivity index (χ0n) is 14.8. The molecule has 0 spiro atoms. The maximum Gasteiger partial charge on any atom is 0.416 e. The van der Waals surface area contributed by atoms with Gasteiger partial charge in [0.1, 0.15) is 5.75 Å². The number of methoxy groups -OCH3 is 1. The van der Waals surface area contributed by atoms with E-state index >= 15 is 0 Å². The number of hydrogen-bond acceptors (Lipinski definition) is 4. The summed E-state index contributed by atoms with van der Waals surface area (Å²) in [6.45, 7) is 0.198. The summed E-state index contributed by atoms with van der Waals surface area (Å²) in [5, 5.41) is 0. The summed E-state index contributed by atoms with van der Waals surface area (Å²) in [4.78, 5) is 13.9. The lowest BCUT2D eigenvalue weighted by atomic mass is 10.2. The average Bonchev–Trinajstić information content (AvgIpc) is 2.67. The van der Waals surface area contributed by atoms with Gasteiger partial charge in [0.05, 0.1) is 17.6 Å². The lowest BCUT2D eigenvalue weighted by Crippen LogP contribution is -2.51. The molecule has 28 heavy (non-hydrogen) atoms. The summed E-state index contributed by atoms with van der Waals surface area (Å²) in [6, 6.07) is 8.83. The molecule has 2 aromatic rings. The number of carbonyl (C=O) groups is 1. The summed E-state index contributed by atoms with van der Waals surface area (Å²) in [7, 11) is -2.66. The second-order valence-electron chi connectivity index (χ2n) is 6.09. The van der Waals surface area contributed by atoms with Crippen molar-refractivity contribution in [3.63, 3.8) is 0 Å². The van der Waals surface area contributed by atoms with Crippen molar-refractivity contribution >= 4 is 21.7 Å². The normalized spacial score (nSPS) is 15.6. The molecule has 1 aliphatic heterocycles. The molecule has 0 saturated carbocycles. The standard InChI is InChI=1S/C18H17F3N2O4S/c1-27-15-7-9-16(10-8-15)28(25,26)23-12-2-11-22(17(23)24)14-5-3-13(4-6-14)18(19,20)21/h3-10H,2,11-12H2,1H3. The number of halogens is 3. The lowest BCUT2D eigenvalue weighted by molar-refractivity contribution is -0.137. The fourth-order valence-corrected chi connectivity index (χ4v) is 4.27. The molecule has 0 aliphatic carbocycles. The quantitative estimate of drug-likeness (QED) is 0.765. The van der Waals surface area contributed by atoms with Crippen molar-refractivity contribution < 1.29 is 31.1 Å². The van der Waals surface area contributed by atoms with E-state index in [0.29, 0.717) is 12.2 Å². The zero-order chi connectivity index (χ0) is 20.5. The summed E-state index contributed by atoms with van der Waals surface area (Å²) >= 11 is 0. The van der Waals surface area contributed by atoms with Crippen molar-refractivity contribution in [2.75, 3.05) is 25.1 Å². The Morgan fingerprint density at radius 2 is 1.57 bits per heavy atom. The molecule has 2 amide bonds. The number of urea groups is 1. The molecule has 3 rings (SSSR count). The van der Waals surface area contributed by atoms with Crippen LogP contribution in [-0.2, 0) is 16.2 Å².